The number of carbonyl (C=O) groups is 2. The number of carboxylic acids is 1. The Balaban J connectivity index is 0.00000578. The van der Waals surface area contributed by atoms with Gasteiger partial charge in [-0.25, -0.2) is 9.07 Å². The molecule has 0 aliphatic carbocycles. The number of rotatable bonds is 12. The van der Waals surface area contributed by atoms with E-state index in [1.807, 2.05) is 20.8 Å². The minimum absolute atomic E-state index is 0. The van der Waals surface area contributed by atoms with Crippen molar-refractivity contribution in [3.8, 4) is 5.69 Å². The van der Waals surface area contributed by atoms with Crippen molar-refractivity contribution in [3.05, 3.63) is 53.1 Å². The Kier molecular flexibility index (Phi) is 12.7. The van der Waals surface area contributed by atoms with Gasteiger partial charge >= 0.3 is 35.5 Å². The summed E-state index contributed by atoms with van der Waals surface area (Å²) in [4.78, 5) is 23.6. The summed E-state index contributed by atoms with van der Waals surface area (Å²) in [7, 11) is 0. The van der Waals surface area contributed by atoms with E-state index in [9.17, 15) is 24.2 Å². The molecule has 1 aromatic heterocycles. The van der Waals surface area contributed by atoms with E-state index in [2.05, 4.69) is 10.4 Å². The molecule has 182 valence electrons. The number of carboxylic acid groups (broad SMARTS) is 1. The van der Waals surface area contributed by atoms with Crippen LogP contribution in [0.1, 0.15) is 75.5 Å². The number of aliphatic hydroxyl groups excluding tert-OH is 2. The van der Waals surface area contributed by atoms with Gasteiger partial charge in [-0.3, -0.25) is 9.59 Å². The quantitative estimate of drug-likeness (QED) is 0.255. The molecule has 2 aromatic rings. The molecular weight excluding hydrogens is 452 g/mol. The van der Waals surface area contributed by atoms with Gasteiger partial charge < -0.3 is 22.1 Å². The molecule has 0 unspecified atom stereocenters. The normalized spacial score (nSPS) is 13.0. The Morgan fingerprint density at radius 3 is 2.44 bits per heavy atom. The number of amides is 1. The molecule has 0 aliphatic rings. The molecule has 0 fully saturated rings. The number of nitrogens with zero attached hydrogens (tertiary/aromatic N) is 2. The van der Waals surface area contributed by atoms with Gasteiger partial charge in [0.05, 0.1) is 30.0 Å². The predicted molar refractivity (Wildman–Crippen MR) is 124 cm³/mol. The van der Waals surface area contributed by atoms with Gasteiger partial charge in [-0.1, -0.05) is 33.3 Å². The number of benzene rings is 1. The number of carbonyl (C=O) groups excluding carboxylic acids is 1. The molecule has 2 rings (SSSR count). The number of unbranched alkanes of at least 4 members (excludes halogenated alkanes) is 1. The largest absolute Gasteiger partial charge is 1.00 e. The minimum Gasteiger partial charge on any atom is -1.00 e. The molecule has 1 heterocycles. The number of aliphatic carboxylic acids is 1. The molecular formula is C24H33FN3NaO5. The van der Waals surface area contributed by atoms with Crippen LogP contribution >= 0.6 is 0 Å². The van der Waals surface area contributed by atoms with Crippen molar-refractivity contribution in [1.29, 1.82) is 0 Å². The van der Waals surface area contributed by atoms with Crippen LogP contribution in [0.15, 0.2) is 30.3 Å². The van der Waals surface area contributed by atoms with Crippen LogP contribution in [0, 0.1) is 5.82 Å². The summed E-state index contributed by atoms with van der Waals surface area (Å²) in [5.41, 5.74) is 1.96. The first-order valence-electron chi connectivity index (χ1n) is 11.1. The molecule has 0 saturated heterocycles. The second kappa shape index (κ2) is 14.4. The van der Waals surface area contributed by atoms with Crippen molar-refractivity contribution in [3.63, 3.8) is 0 Å². The maximum Gasteiger partial charge on any atom is 1.00 e. The molecule has 0 bridgehead atoms. The smallest absolute Gasteiger partial charge is 1.00 e. The summed E-state index contributed by atoms with van der Waals surface area (Å²) in [6.45, 7) is 6.37. The SMILES string of the molecule is CCCCNC(=O)c1nn(-c2ccc(F)cc2)c(/C=C/[C@H](O)C[C@@H](O)CC(=O)O)c1C(C)C.[H-].[Na+]. The predicted octanol–water partition coefficient (Wildman–Crippen LogP) is 0.381. The zero-order valence-electron chi connectivity index (χ0n) is 21.2. The zero-order valence-corrected chi connectivity index (χ0v) is 22.2. The fraction of sp³-hybridized carbons (Fsp3) is 0.458. The van der Waals surface area contributed by atoms with Crippen molar-refractivity contribution >= 4 is 18.0 Å². The monoisotopic (exact) mass is 485 g/mol. The van der Waals surface area contributed by atoms with Crippen LogP contribution in [0.4, 0.5) is 4.39 Å². The summed E-state index contributed by atoms with van der Waals surface area (Å²) in [5, 5.41) is 36.2. The third kappa shape index (κ3) is 8.63. The molecule has 4 N–H and O–H groups in total. The fourth-order valence-corrected chi connectivity index (χ4v) is 3.43. The Bertz CT molecular complexity index is 982. The third-order valence-electron chi connectivity index (χ3n) is 5.04. The number of aromatic nitrogens is 2. The van der Waals surface area contributed by atoms with Gasteiger partial charge in [-0.2, -0.15) is 5.10 Å². The Morgan fingerprint density at radius 2 is 1.88 bits per heavy atom. The Labute approximate surface area is 222 Å². The van der Waals surface area contributed by atoms with Crippen molar-refractivity contribution in [2.75, 3.05) is 6.54 Å². The summed E-state index contributed by atoms with van der Waals surface area (Å²) >= 11 is 0. The standard InChI is InChI=1S/C24H32FN3O5.Na.H/c1-4-5-12-26-24(33)23-22(15(2)3)20(11-10-18(29)13-19(30)14-21(31)32)28(27-23)17-8-6-16(25)7-9-17;;/h6-11,15,18-19,29-30H,4-5,12-14H2,1-3H3,(H,26,33)(H,31,32);;/q;+1;-1/b11-10+;;/t18-,19+;;/m0../s1. The van der Waals surface area contributed by atoms with Gasteiger partial charge in [0.15, 0.2) is 5.69 Å². The first-order chi connectivity index (χ1) is 15.6. The summed E-state index contributed by atoms with van der Waals surface area (Å²) in [6, 6.07) is 5.65. The maximum absolute atomic E-state index is 13.5. The minimum atomic E-state index is -1.20. The van der Waals surface area contributed by atoms with E-state index in [4.69, 9.17) is 5.11 Å². The van der Waals surface area contributed by atoms with E-state index in [0.29, 0.717) is 23.5 Å². The van der Waals surface area contributed by atoms with Crippen molar-refractivity contribution in [2.45, 2.75) is 64.6 Å². The zero-order chi connectivity index (χ0) is 24.5. The second-order valence-corrected chi connectivity index (χ2v) is 8.21. The van der Waals surface area contributed by atoms with Gasteiger partial charge in [0.25, 0.3) is 5.91 Å². The maximum atomic E-state index is 13.5. The molecule has 10 heteroatoms. The van der Waals surface area contributed by atoms with Gasteiger partial charge in [0, 0.05) is 18.5 Å². The van der Waals surface area contributed by atoms with Gasteiger partial charge in [0.2, 0.25) is 0 Å². The van der Waals surface area contributed by atoms with Gasteiger partial charge in [-0.15, -0.1) is 0 Å². The van der Waals surface area contributed by atoms with Crippen molar-refractivity contribution < 1.29 is 60.3 Å². The average molecular weight is 486 g/mol. The van der Waals surface area contributed by atoms with Gasteiger partial charge in [0.1, 0.15) is 5.82 Å². The van der Waals surface area contributed by atoms with E-state index < -0.39 is 30.4 Å². The van der Waals surface area contributed by atoms with Crippen LogP contribution in [-0.2, 0) is 4.79 Å². The van der Waals surface area contributed by atoms with Crippen LogP contribution in [0.5, 0.6) is 0 Å². The molecule has 0 saturated carbocycles. The second-order valence-electron chi connectivity index (χ2n) is 8.21. The number of nitrogens with one attached hydrogen (secondary N) is 1. The molecule has 0 radical (unpaired) electrons. The topological polar surface area (TPSA) is 125 Å². The summed E-state index contributed by atoms with van der Waals surface area (Å²) < 4.78 is 15.0. The fourth-order valence-electron chi connectivity index (χ4n) is 3.43. The van der Waals surface area contributed by atoms with E-state index in [-0.39, 0.29) is 54.9 Å². The number of hydrogen-bond acceptors (Lipinski definition) is 5. The molecule has 0 aliphatic heterocycles. The van der Waals surface area contributed by atoms with Crippen LogP contribution in [0.25, 0.3) is 11.8 Å². The van der Waals surface area contributed by atoms with Crippen molar-refractivity contribution in [1.82, 2.24) is 15.1 Å². The van der Waals surface area contributed by atoms with Gasteiger partial charge in [-0.05, 0) is 42.7 Å². The summed E-state index contributed by atoms with van der Waals surface area (Å²) in [6.07, 6.45) is 1.83. The van der Waals surface area contributed by atoms with E-state index in [1.54, 1.807) is 6.08 Å². The third-order valence-corrected chi connectivity index (χ3v) is 5.04. The van der Waals surface area contributed by atoms with Crippen LogP contribution in [0.2, 0.25) is 0 Å². The Morgan fingerprint density at radius 1 is 1.24 bits per heavy atom. The van der Waals surface area contributed by atoms with Crippen LogP contribution < -0.4 is 34.9 Å². The molecule has 8 nitrogen and oxygen atoms in total. The molecule has 0 spiro atoms. The number of halogens is 1. The number of hydrogen-bond donors (Lipinski definition) is 4. The molecule has 1 aromatic carbocycles. The first kappa shape index (κ1) is 30.0. The van der Waals surface area contributed by atoms with E-state index in [0.717, 1.165) is 12.8 Å². The molecule has 34 heavy (non-hydrogen) atoms. The van der Waals surface area contributed by atoms with Crippen molar-refractivity contribution in [2.24, 2.45) is 0 Å². The number of aliphatic hydroxyl groups is 2. The average Bonchev–Trinajstić information content (AvgIpc) is 3.12. The molecule has 2 atom stereocenters. The van der Waals surface area contributed by atoms with E-state index >= 15 is 0 Å². The van der Waals surface area contributed by atoms with Crippen LogP contribution in [-0.4, -0.2) is 55.7 Å². The van der Waals surface area contributed by atoms with E-state index in [1.165, 1.54) is 35.0 Å². The summed E-state index contributed by atoms with van der Waals surface area (Å²) in [5.74, 6) is -1.98. The first-order valence-corrected chi connectivity index (χ1v) is 11.1. The molecule has 1 amide bonds. The Hall–Kier alpha value is -2.04. The van der Waals surface area contributed by atoms with Crippen LogP contribution in [0.3, 0.4) is 0 Å².